The Kier molecular flexibility index (Phi) is 7.35. The predicted molar refractivity (Wildman–Crippen MR) is 127 cm³/mol. The van der Waals surface area contributed by atoms with Gasteiger partial charge in [0.15, 0.2) is 24.1 Å². The van der Waals surface area contributed by atoms with Crippen molar-refractivity contribution in [3.63, 3.8) is 0 Å². The Hall–Kier alpha value is -2.45. The zero-order valence-corrected chi connectivity index (χ0v) is 20.6. The van der Waals surface area contributed by atoms with Crippen LogP contribution in [-0.2, 0) is 18.9 Å². The first kappa shape index (κ1) is 25.2. The second-order valence-corrected chi connectivity index (χ2v) is 9.84. The summed E-state index contributed by atoms with van der Waals surface area (Å²) in [6.07, 6.45) is -1.27. The number of nitrogens with zero attached hydrogens (tertiary/aromatic N) is 2. The summed E-state index contributed by atoms with van der Waals surface area (Å²) < 4.78 is 24.0. The van der Waals surface area contributed by atoms with E-state index in [4.69, 9.17) is 18.9 Å². The first-order valence-corrected chi connectivity index (χ1v) is 12.7. The van der Waals surface area contributed by atoms with Crippen molar-refractivity contribution in [1.82, 2.24) is 4.90 Å². The molecule has 1 aliphatic carbocycles. The number of aliphatic hydroxyl groups excluding tert-OH is 1. The lowest BCUT2D eigenvalue weighted by molar-refractivity contribution is -0.293. The van der Waals surface area contributed by atoms with Gasteiger partial charge >= 0.3 is 0 Å². The van der Waals surface area contributed by atoms with Gasteiger partial charge in [0, 0.05) is 42.1 Å². The molecule has 0 spiro atoms. The lowest BCUT2D eigenvalue weighted by atomic mass is 9.80. The van der Waals surface area contributed by atoms with Crippen LogP contribution >= 0.6 is 0 Å². The topological polar surface area (TPSA) is 118 Å². The van der Waals surface area contributed by atoms with Gasteiger partial charge in [0.25, 0.3) is 0 Å². The van der Waals surface area contributed by atoms with Crippen molar-refractivity contribution >= 4 is 11.6 Å². The summed E-state index contributed by atoms with van der Waals surface area (Å²) in [5.41, 5.74) is 1.46. The molecule has 0 aromatic heterocycles. The monoisotopic (exact) mass is 496 g/mol. The lowest BCUT2D eigenvalue weighted by Gasteiger charge is -2.46. The first-order valence-electron chi connectivity index (χ1n) is 12.7. The molecule has 7 atom stereocenters. The smallest absolute Gasteiger partial charge is 0.195 e. The van der Waals surface area contributed by atoms with Crippen LogP contribution in [0.2, 0.25) is 0 Å². The van der Waals surface area contributed by atoms with Crippen molar-refractivity contribution in [2.24, 2.45) is 0 Å². The molecule has 1 N–H and O–H groups in total. The third-order valence-corrected chi connectivity index (χ3v) is 7.55. The van der Waals surface area contributed by atoms with Crippen LogP contribution in [0.15, 0.2) is 35.4 Å². The highest BCUT2D eigenvalue weighted by atomic mass is 16.8. The van der Waals surface area contributed by atoms with Crippen LogP contribution in [0.4, 0.5) is 0 Å². The maximum atomic E-state index is 13.5. The largest absolute Gasteiger partial charge is 0.389 e. The van der Waals surface area contributed by atoms with Gasteiger partial charge in [-0.05, 0) is 13.3 Å². The van der Waals surface area contributed by atoms with Crippen LogP contribution in [-0.4, -0.2) is 84.3 Å². The number of ether oxygens (including phenoxy) is 4. The molecule has 2 saturated heterocycles. The minimum absolute atomic E-state index is 0.158. The molecule has 0 bridgehead atoms. The highest BCUT2D eigenvalue weighted by Crippen LogP contribution is 2.39. The minimum atomic E-state index is -1.06. The number of carbonyl (C=O) groups is 2. The predicted octanol–water partition coefficient (Wildman–Crippen LogP) is 2.38. The van der Waals surface area contributed by atoms with Crippen molar-refractivity contribution in [3.8, 4) is 6.07 Å². The van der Waals surface area contributed by atoms with Crippen LogP contribution in [0.3, 0.4) is 0 Å². The standard InChI is InChI=1S/C27H32N2O7/c1-3-6-17-11-20-23(26(32)19-8-5-4-7-18(19)25(20)31)27(35-17)36-22-12-21(24(30)15(2)34-22)29-9-10-33-14-16(29)13-28/h4-5,7-8,15-17,21-22,24,27,30H,3,6,9-12,14H2,1-2H3/t15-,16?,17+,21-,22-,24+,27+/m0/s1. The van der Waals surface area contributed by atoms with E-state index < -0.39 is 30.8 Å². The number of hydrogen-bond acceptors (Lipinski definition) is 9. The SMILES string of the molecule is CCC[C@@H]1CC2=C(C(=O)c3ccccc3C2=O)[C@@H](O[C@H]2C[C@H](N3CCOCC3C#N)[C@H](O)[C@H](C)O2)O1. The zero-order chi connectivity index (χ0) is 25.4. The van der Waals surface area contributed by atoms with Gasteiger partial charge in [0.05, 0.1) is 43.2 Å². The Balaban J connectivity index is 1.43. The van der Waals surface area contributed by atoms with Crippen molar-refractivity contribution < 1.29 is 33.6 Å². The Morgan fingerprint density at radius 2 is 1.94 bits per heavy atom. The van der Waals surface area contributed by atoms with E-state index in [0.717, 1.165) is 12.8 Å². The fourth-order valence-electron chi connectivity index (χ4n) is 5.72. The van der Waals surface area contributed by atoms with Gasteiger partial charge in [0.2, 0.25) is 0 Å². The average Bonchev–Trinajstić information content (AvgIpc) is 2.89. The van der Waals surface area contributed by atoms with Crippen LogP contribution in [0.5, 0.6) is 0 Å². The highest BCUT2D eigenvalue weighted by molar-refractivity contribution is 6.27. The third-order valence-electron chi connectivity index (χ3n) is 7.55. The van der Waals surface area contributed by atoms with E-state index in [1.54, 1.807) is 31.2 Å². The fraction of sp³-hybridized carbons (Fsp3) is 0.593. The molecule has 0 amide bonds. The molecule has 1 unspecified atom stereocenters. The molecule has 1 aromatic carbocycles. The number of fused-ring (bicyclic) bond motifs is 1. The number of carbonyl (C=O) groups excluding carboxylic acids is 2. The summed E-state index contributed by atoms with van der Waals surface area (Å²) in [5, 5.41) is 20.5. The van der Waals surface area contributed by atoms with Crippen LogP contribution in [0, 0.1) is 11.3 Å². The molecule has 4 aliphatic rings. The van der Waals surface area contributed by atoms with Crippen LogP contribution < -0.4 is 0 Å². The van der Waals surface area contributed by atoms with Crippen LogP contribution in [0.1, 0.15) is 60.2 Å². The molecule has 192 valence electrons. The Morgan fingerprint density at radius 3 is 2.67 bits per heavy atom. The van der Waals surface area contributed by atoms with Gasteiger partial charge in [-0.25, -0.2) is 0 Å². The lowest BCUT2D eigenvalue weighted by Crippen LogP contribution is -2.61. The summed E-state index contributed by atoms with van der Waals surface area (Å²) in [4.78, 5) is 28.8. The van der Waals surface area contributed by atoms with Crippen molar-refractivity contribution in [3.05, 3.63) is 46.5 Å². The number of nitriles is 1. The van der Waals surface area contributed by atoms with E-state index in [1.807, 2.05) is 11.8 Å². The molecule has 2 fully saturated rings. The fourth-order valence-corrected chi connectivity index (χ4v) is 5.72. The normalized spacial score (nSPS) is 35.2. The van der Waals surface area contributed by atoms with E-state index in [0.29, 0.717) is 36.3 Å². The summed E-state index contributed by atoms with van der Waals surface area (Å²) in [6, 6.07) is 8.22. The molecule has 5 rings (SSSR count). The first-order chi connectivity index (χ1) is 17.4. The van der Waals surface area contributed by atoms with Crippen molar-refractivity contribution in [2.75, 3.05) is 19.8 Å². The molecular formula is C27H32N2O7. The summed E-state index contributed by atoms with van der Waals surface area (Å²) >= 11 is 0. The summed E-state index contributed by atoms with van der Waals surface area (Å²) in [6.45, 7) is 5.05. The molecule has 3 aliphatic heterocycles. The molecule has 0 saturated carbocycles. The second kappa shape index (κ2) is 10.5. The third kappa shape index (κ3) is 4.54. The van der Waals surface area contributed by atoms with Gasteiger partial charge in [-0.1, -0.05) is 37.6 Å². The average molecular weight is 497 g/mol. The highest BCUT2D eigenvalue weighted by Gasteiger charge is 2.46. The van der Waals surface area contributed by atoms with E-state index >= 15 is 0 Å². The molecular weight excluding hydrogens is 464 g/mol. The number of aliphatic hydroxyl groups is 1. The zero-order valence-electron chi connectivity index (χ0n) is 20.6. The molecule has 9 heteroatoms. The van der Waals surface area contributed by atoms with Crippen molar-refractivity contribution in [1.29, 1.82) is 5.26 Å². The molecule has 9 nitrogen and oxygen atoms in total. The Morgan fingerprint density at radius 1 is 1.19 bits per heavy atom. The van der Waals surface area contributed by atoms with Gasteiger partial charge < -0.3 is 24.1 Å². The van der Waals surface area contributed by atoms with Gasteiger partial charge in [-0.15, -0.1) is 0 Å². The van der Waals surface area contributed by atoms with E-state index in [-0.39, 0.29) is 42.3 Å². The van der Waals surface area contributed by atoms with Crippen LogP contribution in [0.25, 0.3) is 0 Å². The molecule has 3 heterocycles. The number of morpholine rings is 1. The number of Topliss-reactive ketones (excluding diaryl/α,β-unsaturated/α-hetero) is 2. The van der Waals surface area contributed by atoms with Gasteiger partial charge in [0.1, 0.15) is 6.04 Å². The number of hydrogen-bond donors (Lipinski definition) is 1. The maximum Gasteiger partial charge on any atom is 0.195 e. The molecule has 36 heavy (non-hydrogen) atoms. The molecule has 1 aromatic rings. The van der Waals surface area contributed by atoms with E-state index in [2.05, 4.69) is 6.07 Å². The second-order valence-electron chi connectivity index (χ2n) is 9.84. The van der Waals surface area contributed by atoms with E-state index in [1.165, 1.54) is 0 Å². The number of benzene rings is 1. The number of rotatable bonds is 5. The Labute approximate surface area is 210 Å². The summed E-state index contributed by atoms with van der Waals surface area (Å²) in [7, 11) is 0. The van der Waals surface area contributed by atoms with Gasteiger partial charge in [-0.2, -0.15) is 5.26 Å². The molecule has 0 radical (unpaired) electrons. The summed E-state index contributed by atoms with van der Waals surface area (Å²) in [5.74, 6) is -0.423. The number of ketones is 2. The van der Waals surface area contributed by atoms with E-state index in [9.17, 15) is 20.0 Å². The Bertz CT molecular complexity index is 1100. The maximum absolute atomic E-state index is 13.5. The van der Waals surface area contributed by atoms with Gasteiger partial charge in [-0.3, -0.25) is 14.5 Å². The minimum Gasteiger partial charge on any atom is -0.389 e. The van der Waals surface area contributed by atoms with Crippen molar-refractivity contribution in [2.45, 2.75) is 82.5 Å². The quantitative estimate of drug-likeness (QED) is 0.655.